The summed E-state index contributed by atoms with van der Waals surface area (Å²) >= 11 is 0. The van der Waals surface area contributed by atoms with Crippen molar-refractivity contribution in [3.8, 4) is 11.1 Å². The van der Waals surface area contributed by atoms with Crippen LogP contribution >= 0.6 is 0 Å². The van der Waals surface area contributed by atoms with Crippen LogP contribution in [-0.4, -0.2) is 45.3 Å². The Labute approximate surface area is 168 Å². The van der Waals surface area contributed by atoms with Crippen molar-refractivity contribution in [2.75, 3.05) is 11.9 Å². The maximum atomic E-state index is 14.4. The smallest absolute Gasteiger partial charge is 0.339 e. The number of aromatic nitrogens is 1. The van der Waals surface area contributed by atoms with Gasteiger partial charge in [0.25, 0.3) is 5.91 Å². The van der Waals surface area contributed by atoms with Gasteiger partial charge in [0.1, 0.15) is 17.2 Å². The number of anilines is 1. The van der Waals surface area contributed by atoms with Gasteiger partial charge in [-0.15, -0.1) is 0 Å². The van der Waals surface area contributed by atoms with Crippen LogP contribution in [0.1, 0.15) is 53.0 Å². The van der Waals surface area contributed by atoms with E-state index in [1.54, 1.807) is 20.8 Å². The molecule has 0 aliphatic heterocycles. The van der Waals surface area contributed by atoms with Gasteiger partial charge in [0.05, 0.1) is 17.7 Å². The van der Waals surface area contributed by atoms with Gasteiger partial charge in [0, 0.05) is 17.8 Å². The van der Waals surface area contributed by atoms with Crippen LogP contribution in [0.25, 0.3) is 11.1 Å². The minimum absolute atomic E-state index is 0.0852. The fourth-order valence-electron chi connectivity index (χ4n) is 2.88. The Hall–Kier alpha value is -3.00. The summed E-state index contributed by atoms with van der Waals surface area (Å²) in [7, 11) is 0. The van der Waals surface area contributed by atoms with E-state index in [-0.39, 0.29) is 29.6 Å². The number of nitrogens with zero attached hydrogens (tertiary/aromatic N) is 1. The highest BCUT2D eigenvalue weighted by molar-refractivity contribution is 5.97. The van der Waals surface area contributed by atoms with Gasteiger partial charge in [-0.3, -0.25) is 4.79 Å². The minimum atomic E-state index is -1.19. The number of hydrogen-bond donors (Lipinski definition) is 4. The number of carboxylic acids is 1. The molecule has 8 heteroatoms. The Morgan fingerprint density at radius 1 is 1.24 bits per heavy atom. The van der Waals surface area contributed by atoms with Crippen LogP contribution in [0.2, 0.25) is 0 Å². The summed E-state index contributed by atoms with van der Waals surface area (Å²) in [5.74, 6) is -2.19. The molecule has 1 aromatic heterocycles. The largest absolute Gasteiger partial charge is 0.478 e. The van der Waals surface area contributed by atoms with Crippen molar-refractivity contribution in [1.29, 1.82) is 0 Å². The number of aromatic carboxylic acids is 1. The zero-order valence-corrected chi connectivity index (χ0v) is 16.5. The quantitative estimate of drug-likeness (QED) is 0.568. The standard InChI is InChI=1S/C21H24FN3O4/c1-11-6-17(22)15(19(27)24-13-4-5-13)8-14(11)12-7-16(20(28)29)18(23-9-12)25-21(2,3)10-26/h6-9,13,26H,4-5,10H2,1-3H3,(H,23,25)(H,24,27)(H,28,29). The number of pyridine rings is 1. The summed E-state index contributed by atoms with van der Waals surface area (Å²) in [5, 5.41) is 24.7. The molecule has 154 valence electrons. The number of carbonyl (C=O) groups excluding carboxylic acids is 1. The van der Waals surface area contributed by atoms with Gasteiger partial charge >= 0.3 is 5.97 Å². The van der Waals surface area contributed by atoms with Crippen LogP contribution < -0.4 is 10.6 Å². The van der Waals surface area contributed by atoms with Crippen LogP contribution in [0.5, 0.6) is 0 Å². The van der Waals surface area contributed by atoms with Crippen molar-refractivity contribution in [3.63, 3.8) is 0 Å². The molecule has 0 radical (unpaired) electrons. The molecular formula is C21H24FN3O4. The lowest BCUT2D eigenvalue weighted by Crippen LogP contribution is -2.36. The lowest BCUT2D eigenvalue weighted by Gasteiger charge is -2.25. The first-order valence-electron chi connectivity index (χ1n) is 9.35. The molecule has 0 unspecified atom stereocenters. The Bertz CT molecular complexity index is 971. The summed E-state index contributed by atoms with van der Waals surface area (Å²) in [6.07, 6.45) is 3.23. The van der Waals surface area contributed by atoms with Crippen molar-refractivity contribution in [1.82, 2.24) is 10.3 Å². The van der Waals surface area contributed by atoms with Crippen molar-refractivity contribution in [2.45, 2.75) is 45.2 Å². The molecule has 7 nitrogen and oxygen atoms in total. The normalized spacial score (nSPS) is 13.8. The summed E-state index contributed by atoms with van der Waals surface area (Å²) in [4.78, 5) is 28.3. The molecule has 0 atom stereocenters. The number of hydrogen-bond acceptors (Lipinski definition) is 5. The Kier molecular flexibility index (Phi) is 5.57. The minimum Gasteiger partial charge on any atom is -0.478 e. The zero-order valence-electron chi connectivity index (χ0n) is 16.5. The van der Waals surface area contributed by atoms with E-state index in [1.165, 1.54) is 24.4 Å². The highest BCUT2D eigenvalue weighted by Gasteiger charge is 2.26. The predicted octanol–water partition coefficient (Wildman–Crippen LogP) is 2.97. The SMILES string of the molecule is Cc1cc(F)c(C(=O)NC2CC2)cc1-c1cnc(NC(C)(C)CO)c(C(=O)O)c1. The maximum absolute atomic E-state index is 14.4. The third kappa shape index (κ3) is 4.71. The third-order valence-electron chi connectivity index (χ3n) is 4.75. The monoisotopic (exact) mass is 401 g/mol. The first kappa shape index (κ1) is 20.7. The van der Waals surface area contributed by atoms with E-state index in [0.29, 0.717) is 16.7 Å². The van der Waals surface area contributed by atoms with Gasteiger partial charge in [-0.25, -0.2) is 14.2 Å². The van der Waals surface area contributed by atoms with E-state index >= 15 is 0 Å². The summed E-state index contributed by atoms with van der Waals surface area (Å²) in [6.45, 7) is 4.89. The molecule has 1 amide bonds. The number of nitrogens with one attached hydrogen (secondary N) is 2. The summed E-state index contributed by atoms with van der Waals surface area (Å²) in [6, 6.07) is 4.20. The molecule has 3 rings (SSSR count). The summed E-state index contributed by atoms with van der Waals surface area (Å²) < 4.78 is 14.4. The number of rotatable bonds is 7. The molecule has 4 N–H and O–H groups in total. The van der Waals surface area contributed by atoms with Gasteiger partial charge in [0.15, 0.2) is 0 Å². The number of carboxylic acid groups (broad SMARTS) is 1. The second kappa shape index (κ2) is 7.79. The fraction of sp³-hybridized carbons (Fsp3) is 0.381. The van der Waals surface area contributed by atoms with Crippen LogP contribution in [0.3, 0.4) is 0 Å². The van der Waals surface area contributed by atoms with Crippen LogP contribution in [0.4, 0.5) is 10.2 Å². The topological polar surface area (TPSA) is 112 Å². The third-order valence-corrected chi connectivity index (χ3v) is 4.75. The Morgan fingerprint density at radius 2 is 1.93 bits per heavy atom. The van der Waals surface area contributed by atoms with Gasteiger partial charge in [0.2, 0.25) is 0 Å². The Morgan fingerprint density at radius 3 is 2.52 bits per heavy atom. The lowest BCUT2D eigenvalue weighted by molar-refractivity contribution is 0.0697. The second-order valence-electron chi connectivity index (χ2n) is 7.99. The van der Waals surface area contributed by atoms with Crippen LogP contribution in [-0.2, 0) is 0 Å². The molecule has 0 spiro atoms. The van der Waals surface area contributed by atoms with Gasteiger partial charge in [-0.1, -0.05) is 0 Å². The molecular weight excluding hydrogens is 377 g/mol. The highest BCUT2D eigenvalue weighted by Crippen LogP contribution is 2.30. The number of aliphatic hydroxyl groups is 1. The van der Waals surface area contributed by atoms with E-state index in [1.807, 2.05) is 0 Å². The van der Waals surface area contributed by atoms with Crippen molar-refractivity contribution < 1.29 is 24.2 Å². The molecule has 29 heavy (non-hydrogen) atoms. The highest BCUT2D eigenvalue weighted by atomic mass is 19.1. The predicted molar refractivity (Wildman–Crippen MR) is 107 cm³/mol. The van der Waals surface area contributed by atoms with Gasteiger partial charge in [-0.05, 0) is 62.9 Å². The zero-order chi connectivity index (χ0) is 21.3. The molecule has 2 aromatic rings. The molecule has 1 aliphatic rings. The lowest BCUT2D eigenvalue weighted by atomic mass is 9.97. The summed E-state index contributed by atoms with van der Waals surface area (Å²) in [5.41, 5.74) is 0.594. The maximum Gasteiger partial charge on any atom is 0.339 e. The first-order valence-corrected chi connectivity index (χ1v) is 9.35. The molecule has 1 heterocycles. The molecule has 1 aromatic carbocycles. The number of carbonyl (C=O) groups is 2. The van der Waals surface area contributed by atoms with E-state index in [9.17, 15) is 24.2 Å². The van der Waals surface area contributed by atoms with E-state index in [0.717, 1.165) is 12.8 Å². The number of halogens is 1. The number of benzene rings is 1. The Balaban J connectivity index is 2.02. The van der Waals surface area contributed by atoms with Crippen LogP contribution in [0, 0.1) is 12.7 Å². The van der Waals surface area contributed by atoms with E-state index in [4.69, 9.17) is 0 Å². The fourth-order valence-corrected chi connectivity index (χ4v) is 2.88. The van der Waals surface area contributed by atoms with Crippen LogP contribution in [0.15, 0.2) is 24.4 Å². The number of aryl methyl sites for hydroxylation is 1. The molecule has 1 aliphatic carbocycles. The average Bonchev–Trinajstić information content (AvgIpc) is 3.45. The number of amides is 1. The number of aliphatic hydroxyl groups excluding tert-OH is 1. The van der Waals surface area contributed by atoms with Crippen molar-refractivity contribution >= 4 is 17.7 Å². The molecule has 1 fully saturated rings. The second-order valence-corrected chi connectivity index (χ2v) is 7.99. The first-order chi connectivity index (χ1) is 13.6. The molecule has 1 saturated carbocycles. The molecule has 0 saturated heterocycles. The van der Waals surface area contributed by atoms with E-state index in [2.05, 4.69) is 15.6 Å². The average molecular weight is 401 g/mol. The van der Waals surface area contributed by atoms with Gasteiger partial charge < -0.3 is 20.8 Å². The van der Waals surface area contributed by atoms with Crippen molar-refractivity contribution in [3.05, 3.63) is 46.9 Å². The molecule has 0 bridgehead atoms. The van der Waals surface area contributed by atoms with Crippen molar-refractivity contribution in [2.24, 2.45) is 0 Å². The van der Waals surface area contributed by atoms with Gasteiger partial charge in [-0.2, -0.15) is 0 Å². The van der Waals surface area contributed by atoms with E-state index < -0.39 is 23.2 Å².